The van der Waals surface area contributed by atoms with Crippen LogP contribution >= 0.6 is 23.2 Å². The van der Waals surface area contributed by atoms with E-state index in [9.17, 15) is 9.90 Å². The predicted molar refractivity (Wildman–Crippen MR) is 90.8 cm³/mol. The fourth-order valence-electron chi connectivity index (χ4n) is 2.06. The van der Waals surface area contributed by atoms with Crippen molar-refractivity contribution in [1.82, 2.24) is 5.32 Å². The molecule has 0 saturated carbocycles. The molecule has 2 N–H and O–H groups in total. The molecule has 0 spiro atoms. The summed E-state index contributed by atoms with van der Waals surface area (Å²) in [5, 5.41) is 13.1. The molecule has 1 atom stereocenters. The molecule has 0 aliphatic heterocycles. The quantitative estimate of drug-likeness (QED) is 0.829. The number of carbonyl (C=O) groups excluding carboxylic acids is 1. The number of hydrogen-bond acceptors (Lipinski definition) is 3. The summed E-state index contributed by atoms with van der Waals surface area (Å²) in [7, 11) is 0. The molecule has 2 aromatic carbocycles. The van der Waals surface area contributed by atoms with E-state index in [1.54, 1.807) is 18.2 Å². The first-order valence-corrected chi connectivity index (χ1v) is 7.86. The second-order valence-electron chi connectivity index (χ2n) is 5.03. The number of aliphatic hydroxyl groups excluding tert-OH is 1. The number of halogens is 2. The molecule has 6 heteroatoms. The van der Waals surface area contributed by atoms with Crippen molar-refractivity contribution in [3.05, 3.63) is 69.7 Å². The Morgan fingerprint density at radius 3 is 2.61 bits per heavy atom. The van der Waals surface area contributed by atoms with Crippen LogP contribution in [-0.4, -0.2) is 23.8 Å². The molecule has 0 saturated heterocycles. The summed E-state index contributed by atoms with van der Waals surface area (Å²) in [5.74, 6) is 0. The first-order valence-electron chi connectivity index (χ1n) is 7.10. The summed E-state index contributed by atoms with van der Waals surface area (Å²) in [4.78, 5) is 11.8. The van der Waals surface area contributed by atoms with Gasteiger partial charge in [-0.3, -0.25) is 0 Å². The van der Waals surface area contributed by atoms with Gasteiger partial charge in [-0.1, -0.05) is 53.5 Å². The lowest BCUT2D eigenvalue weighted by Crippen LogP contribution is -2.39. The molecule has 0 aliphatic carbocycles. The maximum absolute atomic E-state index is 11.8. The second kappa shape index (κ2) is 8.77. The molecule has 0 heterocycles. The van der Waals surface area contributed by atoms with Gasteiger partial charge in [0, 0.05) is 10.0 Å². The number of ether oxygens (including phenoxy) is 1. The molecule has 0 aliphatic rings. The zero-order chi connectivity index (χ0) is 16.7. The molecule has 2 rings (SSSR count). The van der Waals surface area contributed by atoms with Crippen molar-refractivity contribution in [2.45, 2.75) is 19.1 Å². The highest BCUT2D eigenvalue weighted by Crippen LogP contribution is 2.21. The first kappa shape index (κ1) is 17.6. The van der Waals surface area contributed by atoms with Gasteiger partial charge in [-0.15, -0.1) is 0 Å². The molecule has 0 radical (unpaired) electrons. The average molecular weight is 354 g/mol. The molecule has 4 nitrogen and oxygen atoms in total. The first-order chi connectivity index (χ1) is 11.1. The van der Waals surface area contributed by atoms with Crippen LogP contribution < -0.4 is 5.32 Å². The van der Waals surface area contributed by atoms with Gasteiger partial charge in [-0.05, 0) is 35.7 Å². The van der Waals surface area contributed by atoms with Crippen molar-refractivity contribution < 1.29 is 14.6 Å². The van der Waals surface area contributed by atoms with Crippen LogP contribution in [0.15, 0.2) is 48.5 Å². The number of benzene rings is 2. The van der Waals surface area contributed by atoms with Crippen LogP contribution in [0.5, 0.6) is 0 Å². The van der Waals surface area contributed by atoms with Gasteiger partial charge >= 0.3 is 6.09 Å². The third kappa shape index (κ3) is 5.75. The minimum atomic E-state index is -0.592. The van der Waals surface area contributed by atoms with Crippen molar-refractivity contribution in [3.63, 3.8) is 0 Å². The Balaban J connectivity index is 1.88. The third-order valence-corrected chi connectivity index (χ3v) is 3.83. The Morgan fingerprint density at radius 1 is 1.17 bits per heavy atom. The Hall–Kier alpha value is -1.75. The van der Waals surface area contributed by atoms with Crippen LogP contribution in [-0.2, 0) is 17.8 Å². The van der Waals surface area contributed by atoms with E-state index in [0.29, 0.717) is 16.5 Å². The topological polar surface area (TPSA) is 58.6 Å². The van der Waals surface area contributed by atoms with Crippen molar-refractivity contribution in [3.8, 4) is 0 Å². The summed E-state index contributed by atoms with van der Waals surface area (Å²) >= 11 is 12.0. The minimum Gasteiger partial charge on any atom is -0.445 e. The number of rotatable bonds is 6. The van der Waals surface area contributed by atoms with Crippen LogP contribution in [0.2, 0.25) is 10.0 Å². The lowest BCUT2D eigenvalue weighted by Gasteiger charge is -2.17. The van der Waals surface area contributed by atoms with Crippen molar-refractivity contribution >= 4 is 29.3 Å². The normalized spacial score (nSPS) is 11.8. The van der Waals surface area contributed by atoms with E-state index in [0.717, 1.165) is 11.1 Å². The van der Waals surface area contributed by atoms with E-state index >= 15 is 0 Å². The Bertz CT molecular complexity index is 650. The van der Waals surface area contributed by atoms with Gasteiger partial charge in [-0.25, -0.2) is 4.79 Å². The fraction of sp³-hybridized carbons (Fsp3) is 0.235. The zero-order valence-electron chi connectivity index (χ0n) is 12.3. The van der Waals surface area contributed by atoms with Crippen LogP contribution in [0.25, 0.3) is 0 Å². The minimum absolute atomic E-state index is 0.169. The smallest absolute Gasteiger partial charge is 0.407 e. The van der Waals surface area contributed by atoms with E-state index in [2.05, 4.69) is 5.32 Å². The molecule has 23 heavy (non-hydrogen) atoms. The van der Waals surface area contributed by atoms with Gasteiger partial charge in [0.1, 0.15) is 6.61 Å². The average Bonchev–Trinajstić information content (AvgIpc) is 2.56. The van der Waals surface area contributed by atoms with Crippen LogP contribution in [0, 0.1) is 0 Å². The summed E-state index contributed by atoms with van der Waals surface area (Å²) < 4.78 is 5.13. The summed E-state index contributed by atoms with van der Waals surface area (Å²) in [5.41, 5.74) is 1.64. The van der Waals surface area contributed by atoms with Gasteiger partial charge in [0.15, 0.2) is 0 Å². The highest BCUT2D eigenvalue weighted by molar-refractivity contribution is 6.33. The van der Waals surface area contributed by atoms with Gasteiger partial charge in [0.2, 0.25) is 0 Å². The number of aliphatic hydroxyl groups is 1. The Labute approximate surface area is 145 Å². The van der Waals surface area contributed by atoms with Crippen LogP contribution in [0.4, 0.5) is 4.79 Å². The monoisotopic (exact) mass is 353 g/mol. The molecule has 0 unspecified atom stereocenters. The molecule has 2 aromatic rings. The molecular formula is C17H17Cl2NO3. The third-order valence-electron chi connectivity index (χ3n) is 3.23. The van der Waals surface area contributed by atoms with Crippen LogP contribution in [0.3, 0.4) is 0 Å². The van der Waals surface area contributed by atoms with Gasteiger partial charge < -0.3 is 15.2 Å². The highest BCUT2D eigenvalue weighted by Gasteiger charge is 2.15. The van der Waals surface area contributed by atoms with Crippen LogP contribution in [0.1, 0.15) is 11.1 Å². The van der Waals surface area contributed by atoms with E-state index in [4.69, 9.17) is 27.9 Å². The number of amides is 1. The SMILES string of the molecule is O=C(N[C@H](CO)Cc1cc(Cl)ccc1Cl)OCc1ccccc1. The standard InChI is InChI=1S/C17H17Cl2NO3/c18-14-6-7-16(19)13(8-14)9-15(10-21)20-17(22)23-11-12-4-2-1-3-5-12/h1-8,15,21H,9-11H2,(H,20,22)/t15-/m0/s1. The Morgan fingerprint density at radius 2 is 1.91 bits per heavy atom. The second-order valence-corrected chi connectivity index (χ2v) is 5.87. The molecular weight excluding hydrogens is 337 g/mol. The summed E-state index contributed by atoms with van der Waals surface area (Å²) in [6, 6.07) is 13.9. The van der Waals surface area contributed by atoms with E-state index in [1.807, 2.05) is 30.3 Å². The number of carbonyl (C=O) groups is 1. The maximum atomic E-state index is 11.8. The molecule has 122 valence electrons. The van der Waals surface area contributed by atoms with Crippen molar-refractivity contribution in [2.75, 3.05) is 6.61 Å². The molecule has 0 bridgehead atoms. The lowest BCUT2D eigenvalue weighted by atomic mass is 10.1. The van der Waals surface area contributed by atoms with Crippen molar-refractivity contribution in [2.24, 2.45) is 0 Å². The fourth-order valence-corrected chi connectivity index (χ4v) is 2.45. The highest BCUT2D eigenvalue weighted by atomic mass is 35.5. The molecule has 0 fully saturated rings. The van der Waals surface area contributed by atoms with Gasteiger partial charge in [-0.2, -0.15) is 0 Å². The number of hydrogen-bond donors (Lipinski definition) is 2. The zero-order valence-corrected chi connectivity index (χ0v) is 13.8. The van der Waals surface area contributed by atoms with E-state index in [1.165, 1.54) is 0 Å². The number of alkyl carbamates (subject to hydrolysis) is 1. The lowest BCUT2D eigenvalue weighted by molar-refractivity contribution is 0.129. The largest absolute Gasteiger partial charge is 0.445 e. The van der Waals surface area contributed by atoms with Gasteiger partial charge in [0.05, 0.1) is 12.6 Å². The van der Waals surface area contributed by atoms with Gasteiger partial charge in [0.25, 0.3) is 0 Å². The number of nitrogens with one attached hydrogen (secondary N) is 1. The maximum Gasteiger partial charge on any atom is 0.407 e. The van der Waals surface area contributed by atoms with E-state index in [-0.39, 0.29) is 13.2 Å². The summed E-state index contributed by atoms with van der Waals surface area (Å²) in [6.07, 6.45) is -0.234. The summed E-state index contributed by atoms with van der Waals surface area (Å²) in [6.45, 7) is -0.0635. The van der Waals surface area contributed by atoms with Crippen molar-refractivity contribution in [1.29, 1.82) is 0 Å². The molecule has 0 aromatic heterocycles. The Kier molecular flexibility index (Phi) is 6.71. The predicted octanol–water partition coefficient (Wildman–Crippen LogP) is 3.82. The molecule has 1 amide bonds. The van der Waals surface area contributed by atoms with E-state index < -0.39 is 12.1 Å².